The van der Waals surface area contributed by atoms with Crippen molar-refractivity contribution < 1.29 is 14.2 Å². The molecule has 0 fully saturated rings. The molecule has 0 bridgehead atoms. The first-order valence-corrected chi connectivity index (χ1v) is 10.8. The number of nitrogens with two attached hydrogens (primary N) is 1. The van der Waals surface area contributed by atoms with Gasteiger partial charge in [-0.05, 0) is 45.0 Å². The quantitative estimate of drug-likeness (QED) is 0.330. The third-order valence-corrected chi connectivity index (χ3v) is 4.72. The molecular formula is C24H44N2O3. The van der Waals surface area contributed by atoms with Crippen molar-refractivity contribution in [1.82, 2.24) is 5.32 Å². The van der Waals surface area contributed by atoms with Crippen LogP contribution in [-0.2, 0) is 9.47 Å². The van der Waals surface area contributed by atoms with Gasteiger partial charge in [-0.1, -0.05) is 64.7 Å². The summed E-state index contributed by atoms with van der Waals surface area (Å²) in [6.45, 7) is 11.2. The van der Waals surface area contributed by atoms with Crippen LogP contribution in [0.3, 0.4) is 0 Å². The second kappa shape index (κ2) is 17.3. The lowest BCUT2D eigenvalue weighted by molar-refractivity contribution is -0.0662. The number of hydrogen-bond acceptors (Lipinski definition) is 5. The Bertz CT molecular complexity index is 549. The average Bonchev–Trinajstić information content (AvgIpc) is 2.67. The van der Waals surface area contributed by atoms with E-state index in [2.05, 4.69) is 25.7 Å². The summed E-state index contributed by atoms with van der Waals surface area (Å²) < 4.78 is 17.0. The number of unbranched alkanes of at least 4 members (excludes halogenated alkanes) is 4. The molecule has 5 heteroatoms. The Morgan fingerprint density at radius 3 is 2.41 bits per heavy atom. The minimum atomic E-state index is -0.0452. The van der Waals surface area contributed by atoms with E-state index in [0.717, 1.165) is 23.3 Å². The van der Waals surface area contributed by atoms with Gasteiger partial charge < -0.3 is 25.3 Å². The van der Waals surface area contributed by atoms with Crippen molar-refractivity contribution in [3.05, 3.63) is 35.9 Å². The van der Waals surface area contributed by atoms with E-state index in [1.807, 2.05) is 39.2 Å². The van der Waals surface area contributed by atoms with Gasteiger partial charge in [0.2, 0.25) is 0 Å². The first-order chi connectivity index (χ1) is 13.9. The van der Waals surface area contributed by atoms with Crippen LogP contribution >= 0.6 is 0 Å². The highest BCUT2D eigenvalue weighted by molar-refractivity contribution is 5.69. The summed E-state index contributed by atoms with van der Waals surface area (Å²) in [5.41, 5.74) is 8.48. The second-order valence-electron chi connectivity index (χ2n) is 7.59. The molecule has 1 aromatic rings. The molecule has 0 spiro atoms. The summed E-state index contributed by atoms with van der Waals surface area (Å²) in [4.78, 5) is 0. The van der Waals surface area contributed by atoms with E-state index in [9.17, 15) is 0 Å². The molecule has 0 amide bonds. The normalized spacial score (nSPS) is 12.6. The smallest absolute Gasteiger partial charge is 0.146 e. The largest absolute Gasteiger partial charge is 0.487 e. The Labute approximate surface area is 179 Å². The molecule has 0 saturated heterocycles. The third kappa shape index (κ3) is 11.9. The number of nitrogens with one attached hydrogen (secondary N) is 1. The summed E-state index contributed by atoms with van der Waals surface area (Å²) in [7, 11) is 5.38. The molecule has 0 heterocycles. The van der Waals surface area contributed by atoms with Crippen LogP contribution in [0.2, 0.25) is 0 Å². The van der Waals surface area contributed by atoms with Crippen LogP contribution in [0.15, 0.2) is 24.8 Å². The Morgan fingerprint density at radius 2 is 1.83 bits per heavy atom. The number of rotatable bonds is 14. The van der Waals surface area contributed by atoms with E-state index in [1.54, 1.807) is 7.11 Å². The van der Waals surface area contributed by atoms with Crippen LogP contribution in [0.1, 0.15) is 63.5 Å². The standard InChI is InChI=1S/C22H37NO3.C2H7N/c1-6-7-8-9-10-12-17(2)21(15-25-16-24-5)26-20-14-11-13-18(3)22(20)19(4)23;1-3-2/h11,13-14,17,21H,4,6-10,12,15-16,23H2,1-3,5H3;3H,1-2H3. The number of benzene rings is 1. The van der Waals surface area contributed by atoms with Gasteiger partial charge in [-0.15, -0.1) is 0 Å². The summed E-state index contributed by atoms with van der Waals surface area (Å²) >= 11 is 0. The molecule has 0 aliphatic heterocycles. The van der Waals surface area contributed by atoms with Crippen molar-refractivity contribution in [1.29, 1.82) is 0 Å². The highest BCUT2D eigenvalue weighted by Gasteiger charge is 2.21. The van der Waals surface area contributed by atoms with Gasteiger partial charge in [-0.25, -0.2) is 0 Å². The monoisotopic (exact) mass is 408 g/mol. The molecule has 5 nitrogen and oxygen atoms in total. The zero-order valence-electron chi connectivity index (χ0n) is 19.6. The minimum absolute atomic E-state index is 0.0452. The van der Waals surface area contributed by atoms with E-state index in [1.165, 1.54) is 32.1 Å². The van der Waals surface area contributed by atoms with E-state index in [4.69, 9.17) is 19.9 Å². The zero-order valence-corrected chi connectivity index (χ0v) is 19.6. The molecule has 168 valence electrons. The predicted octanol–water partition coefficient (Wildman–Crippen LogP) is 5.12. The van der Waals surface area contributed by atoms with Crippen LogP contribution < -0.4 is 15.8 Å². The van der Waals surface area contributed by atoms with Crippen molar-refractivity contribution in [3.8, 4) is 5.75 Å². The first-order valence-electron chi connectivity index (χ1n) is 10.8. The summed E-state index contributed by atoms with van der Waals surface area (Å²) in [6.07, 6.45) is 7.46. The predicted molar refractivity (Wildman–Crippen MR) is 124 cm³/mol. The zero-order chi connectivity index (χ0) is 22.1. The molecule has 0 aliphatic rings. The molecule has 0 saturated carbocycles. The molecule has 0 aliphatic carbocycles. The SMILES string of the molecule is C=C(N)c1c(C)cccc1OC(COCOC)C(C)CCCCCCC.CNC. The lowest BCUT2D eigenvalue weighted by Gasteiger charge is -2.27. The molecule has 29 heavy (non-hydrogen) atoms. The number of methoxy groups -OCH3 is 1. The minimum Gasteiger partial charge on any atom is -0.487 e. The van der Waals surface area contributed by atoms with E-state index in [0.29, 0.717) is 18.2 Å². The van der Waals surface area contributed by atoms with E-state index < -0.39 is 0 Å². The molecule has 2 atom stereocenters. The molecule has 1 rings (SSSR count). The number of ether oxygens (including phenoxy) is 3. The van der Waals surface area contributed by atoms with Crippen LogP contribution in [0.5, 0.6) is 5.75 Å². The molecular weight excluding hydrogens is 364 g/mol. The van der Waals surface area contributed by atoms with E-state index >= 15 is 0 Å². The molecule has 0 radical (unpaired) electrons. The second-order valence-corrected chi connectivity index (χ2v) is 7.59. The first kappa shape index (κ1) is 27.4. The maximum absolute atomic E-state index is 6.35. The Hall–Kier alpha value is -1.56. The van der Waals surface area contributed by atoms with Gasteiger partial charge in [0.25, 0.3) is 0 Å². The van der Waals surface area contributed by atoms with Crippen LogP contribution in [0, 0.1) is 12.8 Å². The van der Waals surface area contributed by atoms with Gasteiger partial charge in [-0.3, -0.25) is 0 Å². The fourth-order valence-electron chi connectivity index (χ4n) is 3.13. The van der Waals surface area contributed by atoms with Gasteiger partial charge in [0.1, 0.15) is 18.6 Å². The molecule has 1 aromatic carbocycles. The molecule has 3 N–H and O–H groups in total. The van der Waals surface area contributed by atoms with Gasteiger partial charge in [0, 0.05) is 18.4 Å². The number of hydrogen-bond donors (Lipinski definition) is 2. The Kier molecular flexibility index (Phi) is 16.4. The maximum atomic E-state index is 6.35. The van der Waals surface area contributed by atoms with Gasteiger partial charge in [0.05, 0.1) is 6.61 Å². The maximum Gasteiger partial charge on any atom is 0.146 e. The fourth-order valence-corrected chi connectivity index (χ4v) is 3.13. The number of aryl methyl sites for hydroxylation is 1. The summed E-state index contributed by atoms with van der Waals surface area (Å²) in [6, 6.07) is 5.96. The van der Waals surface area contributed by atoms with E-state index in [-0.39, 0.29) is 12.9 Å². The highest BCUT2D eigenvalue weighted by Crippen LogP contribution is 2.29. The average molecular weight is 409 g/mol. The topological polar surface area (TPSA) is 65.7 Å². The van der Waals surface area contributed by atoms with Crippen LogP contribution in [-0.4, -0.2) is 40.7 Å². The van der Waals surface area contributed by atoms with Crippen molar-refractivity contribution >= 4 is 5.70 Å². The van der Waals surface area contributed by atoms with Crippen LogP contribution in [0.25, 0.3) is 5.70 Å². The fraction of sp³-hybridized carbons (Fsp3) is 0.667. The van der Waals surface area contributed by atoms with Crippen molar-refractivity contribution in [2.75, 3.05) is 34.6 Å². The lowest BCUT2D eigenvalue weighted by atomic mass is 9.96. The van der Waals surface area contributed by atoms with Gasteiger partial charge in [-0.2, -0.15) is 0 Å². The van der Waals surface area contributed by atoms with Crippen LogP contribution in [0.4, 0.5) is 0 Å². The van der Waals surface area contributed by atoms with Gasteiger partial charge >= 0.3 is 0 Å². The molecule has 2 unspecified atom stereocenters. The Morgan fingerprint density at radius 1 is 1.17 bits per heavy atom. The summed E-state index contributed by atoms with van der Waals surface area (Å²) in [5, 5.41) is 2.75. The highest BCUT2D eigenvalue weighted by atomic mass is 16.7. The Balaban J connectivity index is 0.00000245. The van der Waals surface area contributed by atoms with Crippen molar-refractivity contribution in [2.45, 2.75) is 65.4 Å². The van der Waals surface area contributed by atoms with Gasteiger partial charge in [0.15, 0.2) is 0 Å². The lowest BCUT2D eigenvalue weighted by Crippen LogP contribution is -2.31. The third-order valence-electron chi connectivity index (χ3n) is 4.72. The summed E-state index contributed by atoms with van der Waals surface area (Å²) in [5.74, 6) is 1.16. The van der Waals surface area contributed by atoms with Crippen molar-refractivity contribution in [3.63, 3.8) is 0 Å². The van der Waals surface area contributed by atoms with Crippen molar-refractivity contribution in [2.24, 2.45) is 11.7 Å². The molecule has 0 aromatic heterocycles.